The molecule has 202 valence electrons. The monoisotopic (exact) mass is 529 g/mol. The predicted molar refractivity (Wildman–Crippen MR) is 146 cm³/mol. The maximum absolute atomic E-state index is 13.8. The summed E-state index contributed by atoms with van der Waals surface area (Å²) in [6.45, 7) is 3.58. The molecule has 0 aliphatic heterocycles. The molecule has 37 heavy (non-hydrogen) atoms. The molecule has 0 unspecified atom stereocenters. The van der Waals surface area contributed by atoms with Crippen LogP contribution in [-0.4, -0.2) is 63.7 Å². The quantitative estimate of drug-likeness (QED) is 0.453. The van der Waals surface area contributed by atoms with E-state index in [0.29, 0.717) is 30.8 Å². The zero-order chi connectivity index (χ0) is 27.0. The van der Waals surface area contributed by atoms with Crippen LogP contribution in [0.3, 0.4) is 0 Å². The van der Waals surface area contributed by atoms with Crippen molar-refractivity contribution < 1.29 is 22.7 Å². The van der Waals surface area contributed by atoms with Gasteiger partial charge < -0.3 is 15.0 Å². The molecule has 1 saturated carbocycles. The second kappa shape index (κ2) is 12.9. The van der Waals surface area contributed by atoms with E-state index in [-0.39, 0.29) is 11.9 Å². The number of carbonyl (C=O) groups excluding carboxylic acids is 2. The molecular weight excluding hydrogens is 490 g/mol. The Labute approximate surface area is 221 Å². The molecule has 3 rings (SSSR count). The van der Waals surface area contributed by atoms with Crippen LogP contribution in [0.4, 0.5) is 5.69 Å². The third-order valence-electron chi connectivity index (χ3n) is 6.85. The fourth-order valence-electron chi connectivity index (χ4n) is 4.85. The van der Waals surface area contributed by atoms with Gasteiger partial charge in [-0.1, -0.05) is 56.2 Å². The number of amides is 2. The molecule has 8 nitrogen and oxygen atoms in total. The maximum atomic E-state index is 13.8. The summed E-state index contributed by atoms with van der Waals surface area (Å²) in [6.07, 6.45) is 6.09. The number of hydrogen-bond acceptors (Lipinski definition) is 5. The van der Waals surface area contributed by atoms with E-state index in [1.54, 1.807) is 12.1 Å². The van der Waals surface area contributed by atoms with E-state index in [4.69, 9.17) is 4.74 Å². The lowest BCUT2D eigenvalue weighted by Gasteiger charge is -2.33. The molecule has 0 bridgehead atoms. The SMILES string of the molecule is CC[C@@H](C(=O)NC1CCCC1)N(CCc1ccccc1)C(=O)CN(c1cc(C)ccc1OC)S(C)(=O)=O. The molecule has 0 radical (unpaired) electrons. The summed E-state index contributed by atoms with van der Waals surface area (Å²) in [7, 11) is -2.37. The Morgan fingerprint density at radius 1 is 1.11 bits per heavy atom. The Morgan fingerprint density at radius 3 is 2.38 bits per heavy atom. The van der Waals surface area contributed by atoms with Crippen molar-refractivity contribution >= 4 is 27.5 Å². The number of benzene rings is 2. The molecule has 2 aromatic carbocycles. The van der Waals surface area contributed by atoms with Gasteiger partial charge in [-0.2, -0.15) is 0 Å². The smallest absolute Gasteiger partial charge is 0.244 e. The number of aryl methyl sites for hydroxylation is 1. The van der Waals surface area contributed by atoms with Crippen LogP contribution in [0.1, 0.15) is 50.2 Å². The van der Waals surface area contributed by atoms with E-state index < -0.39 is 28.5 Å². The van der Waals surface area contributed by atoms with Crippen molar-refractivity contribution in [3.05, 3.63) is 59.7 Å². The normalized spacial score (nSPS) is 14.7. The summed E-state index contributed by atoms with van der Waals surface area (Å²) in [5.41, 5.74) is 2.16. The van der Waals surface area contributed by atoms with Gasteiger partial charge in [0.1, 0.15) is 18.3 Å². The largest absolute Gasteiger partial charge is 0.495 e. The van der Waals surface area contributed by atoms with Crippen LogP contribution < -0.4 is 14.4 Å². The van der Waals surface area contributed by atoms with E-state index in [9.17, 15) is 18.0 Å². The van der Waals surface area contributed by atoms with Crippen molar-refractivity contribution in [1.29, 1.82) is 0 Å². The van der Waals surface area contributed by atoms with Crippen LogP contribution in [0.5, 0.6) is 5.75 Å². The van der Waals surface area contributed by atoms with E-state index in [1.165, 1.54) is 12.0 Å². The standard InChI is InChI=1S/C28H39N3O5S/c1-5-24(28(33)29-23-13-9-10-14-23)30(18-17-22-11-7-6-8-12-22)27(32)20-31(37(4,34)35)25-19-21(2)15-16-26(25)36-3/h6-8,11-12,15-16,19,23-24H,5,9-10,13-14,17-18,20H2,1-4H3,(H,29,33)/t24-/m0/s1. The number of rotatable bonds is 12. The summed E-state index contributed by atoms with van der Waals surface area (Å²) < 4.78 is 32.2. The molecule has 1 fully saturated rings. The molecule has 9 heteroatoms. The summed E-state index contributed by atoms with van der Waals surface area (Å²) in [5.74, 6) is -0.265. The first-order valence-corrected chi connectivity index (χ1v) is 14.7. The molecular formula is C28H39N3O5S. The minimum absolute atomic E-state index is 0.122. The zero-order valence-electron chi connectivity index (χ0n) is 22.3. The third kappa shape index (κ3) is 7.71. The van der Waals surface area contributed by atoms with Crippen molar-refractivity contribution in [3.63, 3.8) is 0 Å². The van der Waals surface area contributed by atoms with Gasteiger partial charge in [0.2, 0.25) is 21.8 Å². The van der Waals surface area contributed by atoms with Gasteiger partial charge in [0.25, 0.3) is 0 Å². The molecule has 0 spiro atoms. The minimum Gasteiger partial charge on any atom is -0.495 e. The number of sulfonamides is 1. The lowest BCUT2D eigenvalue weighted by Crippen LogP contribution is -2.54. The van der Waals surface area contributed by atoms with Crippen LogP contribution in [-0.2, 0) is 26.0 Å². The average molecular weight is 530 g/mol. The minimum atomic E-state index is -3.83. The molecule has 0 saturated heterocycles. The van der Waals surface area contributed by atoms with Crippen molar-refractivity contribution in [3.8, 4) is 5.75 Å². The Bertz CT molecular complexity index is 1160. The molecule has 1 aliphatic carbocycles. The molecule has 1 aliphatic rings. The zero-order valence-corrected chi connectivity index (χ0v) is 23.1. The topological polar surface area (TPSA) is 96.0 Å². The molecule has 0 heterocycles. The number of nitrogens with zero attached hydrogens (tertiary/aromatic N) is 2. The molecule has 0 aromatic heterocycles. The number of methoxy groups -OCH3 is 1. The maximum Gasteiger partial charge on any atom is 0.244 e. The highest BCUT2D eigenvalue weighted by molar-refractivity contribution is 7.92. The van der Waals surface area contributed by atoms with Gasteiger partial charge in [0.05, 0.1) is 19.1 Å². The van der Waals surface area contributed by atoms with Gasteiger partial charge in [0, 0.05) is 12.6 Å². The fourth-order valence-corrected chi connectivity index (χ4v) is 5.70. The highest BCUT2D eigenvalue weighted by atomic mass is 32.2. The van der Waals surface area contributed by atoms with Crippen molar-refractivity contribution in [2.24, 2.45) is 0 Å². The number of carbonyl (C=O) groups is 2. The number of anilines is 1. The number of ether oxygens (including phenoxy) is 1. The highest BCUT2D eigenvalue weighted by Gasteiger charge is 2.33. The van der Waals surface area contributed by atoms with Gasteiger partial charge in [-0.05, 0) is 55.9 Å². The lowest BCUT2D eigenvalue weighted by molar-refractivity contribution is -0.139. The average Bonchev–Trinajstić information content (AvgIpc) is 3.37. The van der Waals surface area contributed by atoms with E-state index in [1.807, 2.05) is 50.2 Å². The summed E-state index contributed by atoms with van der Waals surface area (Å²) >= 11 is 0. The summed E-state index contributed by atoms with van der Waals surface area (Å²) in [6, 6.07) is 14.4. The van der Waals surface area contributed by atoms with E-state index >= 15 is 0 Å². The Morgan fingerprint density at radius 2 is 1.78 bits per heavy atom. The molecule has 2 aromatic rings. The Balaban J connectivity index is 1.91. The summed E-state index contributed by atoms with van der Waals surface area (Å²) in [5, 5.41) is 3.12. The van der Waals surface area contributed by atoms with Crippen LogP contribution in [0.15, 0.2) is 48.5 Å². The van der Waals surface area contributed by atoms with Gasteiger partial charge in [0.15, 0.2) is 0 Å². The van der Waals surface area contributed by atoms with Crippen LogP contribution in [0, 0.1) is 6.92 Å². The third-order valence-corrected chi connectivity index (χ3v) is 7.98. The molecule has 1 atom stereocenters. The van der Waals surface area contributed by atoms with E-state index in [2.05, 4.69) is 5.32 Å². The second-order valence-corrected chi connectivity index (χ2v) is 11.6. The van der Waals surface area contributed by atoms with Crippen LogP contribution >= 0.6 is 0 Å². The van der Waals surface area contributed by atoms with Crippen molar-refractivity contribution in [2.75, 3.05) is 30.8 Å². The first-order valence-electron chi connectivity index (χ1n) is 12.9. The van der Waals surface area contributed by atoms with Gasteiger partial charge in [-0.3, -0.25) is 13.9 Å². The molecule has 1 N–H and O–H groups in total. The van der Waals surface area contributed by atoms with E-state index in [0.717, 1.165) is 47.4 Å². The van der Waals surface area contributed by atoms with Gasteiger partial charge >= 0.3 is 0 Å². The summed E-state index contributed by atoms with van der Waals surface area (Å²) in [4.78, 5) is 28.7. The lowest BCUT2D eigenvalue weighted by atomic mass is 10.1. The number of hydrogen-bond donors (Lipinski definition) is 1. The van der Waals surface area contributed by atoms with Gasteiger partial charge in [-0.15, -0.1) is 0 Å². The highest BCUT2D eigenvalue weighted by Crippen LogP contribution is 2.31. The van der Waals surface area contributed by atoms with Gasteiger partial charge in [-0.25, -0.2) is 8.42 Å². The van der Waals surface area contributed by atoms with Crippen LogP contribution in [0.25, 0.3) is 0 Å². The Kier molecular flexibility index (Phi) is 9.97. The predicted octanol–water partition coefficient (Wildman–Crippen LogP) is 3.68. The van der Waals surface area contributed by atoms with Crippen LogP contribution in [0.2, 0.25) is 0 Å². The van der Waals surface area contributed by atoms with Crippen molar-refractivity contribution in [2.45, 2.75) is 64.5 Å². The van der Waals surface area contributed by atoms with Crippen molar-refractivity contribution in [1.82, 2.24) is 10.2 Å². The Hall–Kier alpha value is -3.07. The fraction of sp³-hybridized carbons (Fsp3) is 0.500. The first kappa shape index (κ1) is 28.5. The first-order chi connectivity index (χ1) is 17.6. The second-order valence-electron chi connectivity index (χ2n) is 9.68. The molecule has 2 amide bonds. The number of nitrogens with one attached hydrogen (secondary N) is 1.